The summed E-state index contributed by atoms with van der Waals surface area (Å²) < 4.78 is 6.98. The molecule has 26 heavy (non-hydrogen) atoms. The van der Waals surface area contributed by atoms with Gasteiger partial charge in [0.25, 0.3) is 5.91 Å². The Kier molecular flexibility index (Phi) is 4.70. The van der Waals surface area contributed by atoms with Gasteiger partial charge in [-0.2, -0.15) is 5.10 Å². The zero-order chi connectivity index (χ0) is 17.9. The zero-order valence-corrected chi connectivity index (χ0v) is 15.0. The minimum absolute atomic E-state index is 0.179. The molecular weight excluding hydrogens is 350 g/mol. The van der Waals surface area contributed by atoms with Crippen LogP contribution in [0.4, 0.5) is 0 Å². The Hall–Kier alpha value is -2.68. The van der Waals surface area contributed by atoms with Gasteiger partial charge in [-0.05, 0) is 23.6 Å². The number of nitrogens with zero attached hydrogens (tertiary/aromatic N) is 2. The smallest absolute Gasteiger partial charge is 0.276 e. The molecule has 0 aliphatic carbocycles. The molecule has 1 fully saturated rings. The lowest BCUT2D eigenvalue weighted by molar-refractivity contribution is 0.0924. The van der Waals surface area contributed by atoms with Crippen molar-refractivity contribution in [1.82, 2.24) is 25.9 Å². The lowest BCUT2D eigenvalue weighted by Crippen LogP contribution is -2.44. The Bertz CT molecular complexity index is 878. The predicted octanol–water partition coefficient (Wildman–Crippen LogP) is 2.24. The van der Waals surface area contributed by atoms with Crippen LogP contribution in [0.5, 0.6) is 5.75 Å². The van der Waals surface area contributed by atoms with Gasteiger partial charge in [-0.3, -0.25) is 4.79 Å². The minimum Gasteiger partial charge on any atom is -0.493 e. The number of hydrogen-bond donors (Lipinski definition) is 3. The number of rotatable bonds is 5. The number of nitrogens with one attached hydrogen (secondary N) is 3. The largest absolute Gasteiger partial charge is 0.493 e. The van der Waals surface area contributed by atoms with E-state index in [9.17, 15) is 4.79 Å². The fourth-order valence-corrected chi connectivity index (χ4v) is 3.72. The van der Waals surface area contributed by atoms with Crippen LogP contribution in [-0.4, -0.2) is 29.0 Å². The molecule has 134 valence electrons. The summed E-state index contributed by atoms with van der Waals surface area (Å²) in [4.78, 5) is 13.9. The van der Waals surface area contributed by atoms with Crippen molar-refractivity contribution in [3.05, 3.63) is 64.6 Å². The molecule has 3 N–H and O–H groups in total. The summed E-state index contributed by atoms with van der Waals surface area (Å²) in [5.74, 6) is 0.162. The van der Waals surface area contributed by atoms with Crippen molar-refractivity contribution in [2.75, 3.05) is 7.11 Å². The molecule has 2 unspecified atom stereocenters. The standard InChI is InChI=1S/C18H19N5O2S/c1-25-14-11-23(12-6-3-2-4-7-12)22-17(14)18(24)19-16-10-13(20-21-16)15-8-5-9-26-15/h2-9,11,13,16,20-21H,10H2,1H3,(H,19,24). The van der Waals surface area contributed by atoms with E-state index in [0.29, 0.717) is 5.75 Å². The number of ether oxygens (including phenoxy) is 1. The maximum absolute atomic E-state index is 12.7. The number of aromatic nitrogens is 2. The number of thiophene rings is 1. The summed E-state index contributed by atoms with van der Waals surface area (Å²) in [5.41, 5.74) is 7.46. The number of para-hydroxylation sites is 1. The second kappa shape index (κ2) is 7.28. The molecule has 0 radical (unpaired) electrons. The Morgan fingerprint density at radius 3 is 2.85 bits per heavy atom. The average Bonchev–Trinajstić information content (AvgIpc) is 3.42. The summed E-state index contributed by atoms with van der Waals surface area (Å²) in [7, 11) is 1.53. The van der Waals surface area contributed by atoms with Crippen molar-refractivity contribution in [1.29, 1.82) is 0 Å². The number of carbonyl (C=O) groups is 1. The van der Waals surface area contributed by atoms with Gasteiger partial charge < -0.3 is 10.1 Å². The summed E-state index contributed by atoms with van der Waals surface area (Å²) in [6, 6.07) is 13.9. The highest BCUT2D eigenvalue weighted by molar-refractivity contribution is 7.10. The number of methoxy groups -OCH3 is 1. The van der Waals surface area contributed by atoms with Gasteiger partial charge in [-0.1, -0.05) is 24.3 Å². The number of hydrazine groups is 1. The maximum atomic E-state index is 12.7. The Balaban J connectivity index is 1.47. The van der Waals surface area contributed by atoms with Gasteiger partial charge in [-0.15, -0.1) is 11.3 Å². The highest BCUT2D eigenvalue weighted by atomic mass is 32.1. The molecule has 2 aromatic heterocycles. The lowest BCUT2D eigenvalue weighted by Gasteiger charge is -2.11. The van der Waals surface area contributed by atoms with Crippen LogP contribution in [0.1, 0.15) is 27.8 Å². The van der Waals surface area contributed by atoms with Crippen LogP contribution >= 0.6 is 11.3 Å². The van der Waals surface area contributed by atoms with E-state index in [1.54, 1.807) is 22.2 Å². The van der Waals surface area contributed by atoms with Crippen molar-refractivity contribution in [2.24, 2.45) is 0 Å². The van der Waals surface area contributed by atoms with Crippen molar-refractivity contribution in [3.63, 3.8) is 0 Å². The molecule has 8 heteroatoms. The molecule has 3 heterocycles. The molecule has 1 aliphatic heterocycles. The first-order valence-corrected chi connectivity index (χ1v) is 9.17. The van der Waals surface area contributed by atoms with Crippen LogP contribution < -0.4 is 20.9 Å². The highest BCUT2D eigenvalue weighted by Crippen LogP contribution is 2.26. The molecule has 4 rings (SSSR count). The van der Waals surface area contributed by atoms with Crippen LogP contribution in [-0.2, 0) is 0 Å². The minimum atomic E-state index is -0.275. The van der Waals surface area contributed by atoms with Crippen molar-refractivity contribution in [2.45, 2.75) is 18.6 Å². The Morgan fingerprint density at radius 2 is 2.12 bits per heavy atom. The second-order valence-electron chi connectivity index (χ2n) is 5.94. The SMILES string of the molecule is COc1cn(-c2ccccc2)nc1C(=O)NC1CC(c2cccs2)NN1. The van der Waals surface area contributed by atoms with Crippen LogP contribution in [0.25, 0.3) is 5.69 Å². The van der Waals surface area contributed by atoms with Gasteiger partial charge in [0.1, 0.15) is 0 Å². The maximum Gasteiger partial charge on any atom is 0.276 e. The number of benzene rings is 1. The Morgan fingerprint density at radius 1 is 1.27 bits per heavy atom. The topological polar surface area (TPSA) is 80.2 Å². The summed E-state index contributed by atoms with van der Waals surface area (Å²) in [6.45, 7) is 0. The summed E-state index contributed by atoms with van der Waals surface area (Å²) in [6.07, 6.45) is 2.29. The van der Waals surface area contributed by atoms with Gasteiger partial charge in [0.15, 0.2) is 11.4 Å². The molecule has 2 atom stereocenters. The van der Waals surface area contributed by atoms with Crippen molar-refractivity contribution in [3.8, 4) is 11.4 Å². The molecule has 1 saturated heterocycles. The highest BCUT2D eigenvalue weighted by Gasteiger charge is 2.28. The predicted molar refractivity (Wildman–Crippen MR) is 99.3 cm³/mol. The fraction of sp³-hybridized carbons (Fsp3) is 0.222. The average molecular weight is 369 g/mol. The van der Waals surface area contributed by atoms with Gasteiger partial charge in [0.2, 0.25) is 0 Å². The third kappa shape index (κ3) is 3.34. The van der Waals surface area contributed by atoms with E-state index in [2.05, 4.69) is 27.3 Å². The van der Waals surface area contributed by atoms with E-state index in [-0.39, 0.29) is 23.8 Å². The first kappa shape index (κ1) is 16.8. The van der Waals surface area contributed by atoms with Crippen LogP contribution in [0.2, 0.25) is 0 Å². The molecule has 1 aliphatic rings. The van der Waals surface area contributed by atoms with E-state index < -0.39 is 0 Å². The van der Waals surface area contributed by atoms with Gasteiger partial charge in [0.05, 0.1) is 31.2 Å². The van der Waals surface area contributed by atoms with Crippen LogP contribution in [0.3, 0.4) is 0 Å². The number of amides is 1. The van der Waals surface area contributed by atoms with E-state index in [0.717, 1.165) is 12.1 Å². The van der Waals surface area contributed by atoms with Crippen LogP contribution in [0, 0.1) is 0 Å². The summed E-state index contributed by atoms with van der Waals surface area (Å²) >= 11 is 1.69. The quantitative estimate of drug-likeness (QED) is 0.643. The van der Waals surface area contributed by atoms with E-state index in [4.69, 9.17) is 4.74 Å². The monoisotopic (exact) mass is 369 g/mol. The summed E-state index contributed by atoms with van der Waals surface area (Å²) in [5, 5.41) is 9.40. The molecule has 1 aromatic carbocycles. The Labute approximate surface area is 155 Å². The molecule has 0 spiro atoms. The fourth-order valence-electron chi connectivity index (χ4n) is 2.93. The molecule has 7 nitrogen and oxygen atoms in total. The third-order valence-electron chi connectivity index (χ3n) is 4.23. The molecule has 1 amide bonds. The lowest BCUT2D eigenvalue weighted by atomic mass is 10.2. The first-order chi connectivity index (χ1) is 12.7. The zero-order valence-electron chi connectivity index (χ0n) is 14.2. The normalized spacial score (nSPS) is 19.4. The molecule has 0 saturated carbocycles. The number of hydrogen-bond acceptors (Lipinski definition) is 6. The van der Waals surface area contributed by atoms with Crippen molar-refractivity contribution < 1.29 is 9.53 Å². The van der Waals surface area contributed by atoms with Crippen molar-refractivity contribution >= 4 is 17.2 Å². The second-order valence-corrected chi connectivity index (χ2v) is 6.92. The molecular formula is C18H19N5O2S. The van der Waals surface area contributed by atoms with Crippen LogP contribution in [0.15, 0.2) is 54.0 Å². The molecule has 0 bridgehead atoms. The molecule has 3 aromatic rings. The van der Waals surface area contributed by atoms with Gasteiger partial charge in [-0.25, -0.2) is 15.5 Å². The van der Waals surface area contributed by atoms with E-state index in [1.165, 1.54) is 12.0 Å². The number of carbonyl (C=O) groups excluding carboxylic acids is 1. The third-order valence-corrected chi connectivity index (χ3v) is 5.22. The van der Waals surface area contributed by atoms with E-state index >= 15 is 0 Å². The van der Waals surface area contributed by atoms with Gasteiger partial charge in [0, 0.05) is 11.3 Å². The first-order valence-electron chi connectivity index (χ1n) is 8.29. The van der Waals surface area contributed by atoms with E-state index in [1.807, 2.05) is 41.8 Å². The van der Waals surface area contributed by atoms with Gasteiger partial charge >= 0.3 is 0 Å².